The molecule has 0 atom stereocenters. The Kier molecular flexibility index (Phi) is 8.15. The molecule has 114 valence electrons. The standard InChI is InChI=1S/C17H25N3O/c1-3-11-20(12-4-2)13-7-10-17(21)19-16-9-6-5-8-15(16)14-18/h5-6,8-9H,3-4,7,10-13H2,1-2H3,(H,19,21). The summed E-state index contributed by atoms with van der Waals surface area (Å²) in [4.78, 5) is 14.3. The zero-order chi connectivity index (χ0) is 15.5. The van der Waals surface area contributed by atoms with Crippen LogP contribution in [0.15, 0.2) is 24.3 Å². The maximum Gasteiger partial charge on any atom is 0.224 e. The summed E-state index contributed by atoms with van der Waals surface area (Å²) in [6, 6.07) is 9.17. The summed E-state index contributed by atoms with van der Waals surface area (Å²) in [6.07, 6.45) is 3.62. The normalized spacial score (nSPS) is 10.4. The van der Waals surface area contributed by atoms with Crippen LogP contribution in [0.5, 0.6) is 0 Å². The van der Waals surface area contributed by atoms with Crippen LogP contribution >= 0.6 is 0 Å². The molecule has 0 saturated carbocycles. The van der Waals surface area contributed by atoms with Crippen molar-refractivity contribution in [3.63, 3.8) is 0 Å². The fourth-order valence-electron chi connectivity index (χ4n) is 2.33. The zero-order valence-electron chi connectivity index (χ0n) is 13.1. The Balaban J connectivity index is 2.39. The molecule has 1 N–H and O–H groups in total. The Morgan fingerprint density at radius 1 is 1.19 bits per heavy atom. The highest BCUT2D eigenvalue weighted by molar-refractivity contribution is 5.92. The summed E-state index contributed by atoms with van der Waals surface area (Å²) < 4.78 is 0. The van der Waals surface area contributed by atoms with Gasteiger partial charge in [0, 0.05) is 6.42 Å². The molecule has 4 nitrogen and oxygen atoms in total. The van der Waals surface area contributed by atoms with E-state index in [4.69, 9.17) is 5.26 Å². The van der Waals surface area contributed by atoms with E-state index in [0.29, 0.717) is 17.7 Å². The van der Waals surface area contributed by atoms with Crippen LogP contribution in [0.4, 0.5) is 5.69 Å². The van der Waals surface area contributed by atoms with E-state index in [1.54, 1.807) is 18.2 Å². The fourth-order valence-corrected chi connectivity index (χ4v) is 2.33. The molecule has 0 aliphatic carbocycles. The van der Waals surface area contributed by atoms with Crippen molar-refractivity contribution in [2.75, 3.05) is 25.0 Å². The monoisotopic (exact) mass is 287 g/mol. The number of hydrogen-bond acceptors (Lipinski definition) is 3. The van der Waals surface area contributed by atoms with Gasteiger partial charge in [-0.15, -0.1) is 0 Å². The van der Waals surface area contributed by atoms with E-state index >= 15 is 0 Å². The minimum atomic E-state index is -0.0225. The number of carbonyl (C=O) groups excluding carboxylic acids is 1. The lowest BCUT2D eigenvalue weighted by atomic mass is 10.2. The molecule has 0 aliphatic rings. The van der Waals surface area contributed by atoms with Gasteiger partial charge in [0.1, 0.15) is 6.07 Å². The van der Waals surface area contributed by atoms with E-state index in [1.165, 1.54) is 0 Å². The Bertz CT molecular complexity index is 473. The van der Waals surface area contributed by atoms with E-state index in [9.17, 15) is 4.79 Å². The van der Waals surface area contributed by atoms with Crippen LogP contribution in [0.1, 0.15) is 45.1 Å². The third kappa shape index (κ3) is 6.42. The van der Waals surface area contributed by atoms with Gasteiger partial charge in [-0.2, -0.15) is 5.26 Å². The molecule has 0 bridgehead atoms. The van der Waals surface area contributed by atoms with Crippen LogP contribution in [0.2, 0.25) is 0 Å². The number of benzene rings is 1. The van der Waals surface area contributed by atoms with Gasteiger partial charge in [0.2, 0.25) is 5.91 Å². The summed E-state index contributed by atoms with van der Waals surface area (Å²) >= 11 is 0. The predicted octanol–water partition coefficient (Wildman–Crippen LogP) is 3.40. The molecule has 0 aliphatic heterocycles. The molecule has 1 aromatic rings. The first-order valence-electron chi connectivity index (χ1n) is 7.72. The summed E-state index contributed by atoms with van der Waals surface area (Å²) in [5.74, 6) is -0.0225. The largest absolute Gasteiger partial charge is 0.325 e. The number of para-hydroxylation sites is 1. The fraction of sp³-hybridized carbons (Fsp3) is 0.529. The topological polar surface area (TPSA) is 56.1 Å². The second-order valence-electron chi connectivity index (χ2n) is 5.15. The van der Waals surface area contributed by atoms with E-state index in [0.717, 1.165) is 38.9 Å². The van der Waals surface area contributed by atoms with Gasteiger partial charge in [-0.25, -0.2) is 0 Å². The highest BCUT2D eigenvalue weighted by Gasteiger charge is 2.08. The average molecular weight is 287 g/mol. The molecule has 21 heavy (non-hydrogen) atoms. The number of carbonyl (C=O) groups is 1. The summed E-state index contributed by atoms with van der Waals surface area (Å²) in [7, 11) is 0. The molecule has 1 rings (SSSR count). The Morgan fingerprint density at radius 2 is 1.86 bits per heavy atom. The first-order chi connectivity index (χ1) is 10.2. The van der Waals surface area contributed by atoms with Crippen LogP contribution in [-0.2, 0) is 4.79 Å². The quantitative estimate of drug-likeness (QED) is 0.757. The Labute approximate surface area is 127 Å². The van der Waals surface area contributed by atoms with Gasteiger partial charge in [-0.1, -0.05) is 26.0 Å². The lowest BCUT2D eigenvalue weighted by Gasteiger charge is -2.20. The Morgan fingerprint density at radius 3 is 2.48 bits per heavy atom. The van der Waals surface area contributed by atoms with E-state index in [-0.39, 0.29) is 5.91 Å². The predicted molar refractivity (Wildman–Crippen MR) is 86.0 cm³/mol. The van der Waals surface area contributed by atoms with Crippen LogP contribution in [-0.4, -0.2) is 30.4 Å². The third-order valence-corrected chi connectivity index (χ3v) is 3.28. The van der Waals surface area contributed by atoms with E-state index in [1.807, 2.05) is 6.07 Å². The first-order valence-corrected chi connectivity index (χ1v) is 7.72. The first kappa shape index (κ1) is 17.2. The van der Waals surface area contributed by atoms with Crippen molar-refractivity contribution in [3.8, 4) is 6.07 Å². The molecule has 0 saturated heterocycles. The van der Waals surface area contributed by atoms with Crippen molar-refractivity contribution >= 4 is 11.6 Å². The molecule has 0 aromatic heterocycles. The van der Waals surface area contributed by atoms with Gasteiger partial charge < -0.3 is 10.2 Å². The van der Waals surface area contributed by atoms with Crippen LogP contribution < -0.4 is 5.32 Å². The number of rotatable bonds is 9. The summed E-state index contributed by atoms with van der Waals surface area (Å²) in [5, 5.41) is 11.8. The van der Waals surface area contributed by atoms with E-state index in [2.05, 4.69) is 30.1 Å². The van der Waals surface area contributed by atoms with Gasteiger partial charge in [0.15, 0.2) is 0 Å². The van der Waals surface area contributed by atoms with Crippen molar-refractivity contribution in [2.45, 2.75) is 39.5 Å². The Hall–Kier alpha value is -1.86. The lowest BCUT2D eigenvalue weighted by Crippen LogP contribution is -2.27. The third-order valence-electron chi connectivity index (χ3n) is 3.28. The molecule has 0 spiro atoms. The molecular formula is C17H25N3O. The zero-order valence-corrected chi connectivity index (χ0v) is 13.1. The number of nitriles is 1. The minimum Gasteiger partial charge on any atom is -0.325 e. The number of hydrogen-bond donors (Lipinski definition) is 1. The van der Waals surface area contributed by atoms with Crippen LogP contribution in [0.25, 0.3) is 0 Å². The van der Waals surface area contributed by atoms with Crippen molar-refractivity contribution in [1.82, 2.24) is 4.90 Å². The van der Waals surface area contributed by atoms with Crippen LogP contribution in [0, 0.1) is 11.3 Å². The average Bonchev–Trinajstić information content (AvgIpc) is 2.48. The van der Waals surface area contributed by atoms with Gasteiger partial charge in [0.05, 0.1) is 11.3 Å². The molecule has 0 fully saturated rings. The van der Waals surface area contributed by atoms with Crippen molar-refractivity contribution < 1.29 is 4.79 Å². The maximum absolute atomic E-state index is 11.9. The van der Waals surface area contributed by atoms with Crippen molar-refractivity contribution in [3.05, 3.63) is 29.8 Å². The van der Waals surface area contributed by atoms with Gasteiger partial charge in [-0.3, -0.25) is 4.79 Å². The SMILES string of the molecule is CCCN(CCC)CCCC(=O)Nc1ccccc1C#N. The van der Waals surface area contributed by atoms with Gasteiger partial charge >= 0.3 is 0 Å². The maximum atomic E-state index is 11.9. The van der Waals surface area contributed by atoms with Crippen LogP contribution in [0.3, 0.4) is 0 Å². The summed E-state index contributed by atoms with van der Waals surface area (Å²) in [6.45, 7) is 7.48. The molecule has 0 unspecified atom stereocenters. The van der Waals surface area contributed by atoms with Crippen molar-refractivity contribution in [2.24, 2.45) is 0 Å². The lowest BCUT2D eigenvalue weighted by molar-refractivity contribution is -0.116. The van der Waals surface area contributed by atoms with Crippen molar-refractivity contribution in [1.29, 1.82) is 5.26 Å². The highest BCUT2D eigenvalue weighted by Crippen LogP contribution is 2.14. The molecule has 0 heterocycles. The highest BCUT2D eigenvalue weighted by atomic mass is 16.1. The number of nitrogens with one attached hydrogen (secondary N) is 1. The van der Waals surface area contributed by atoms with Gasteiger partial charge in [0.25, 0.3) is 0 Å². The molecule has 1 aromatic carbocycles. The molecule has 1 amide bonds. The number of amides is 1. The second-order valence-corrected chi connectivity index (χ2v) is 5.15. The minimum absolute atomic E-state index is 0.0225. The number of nitrogens with zero attached hydrogens (tertiary/aromatic N) is 2. The smallest absolute Gasteiger partial charge is 0.224 e. The molecule has 0 radical (unpaired) electrons. The molecular weight excluding hydrogens is 262 g/mol. The second kappa shape index (κ2) is 9.95. The molecule has 4 heteroatoms. The van der Waals surface area contributed by atoms with Gasteiger partial charge in [-0.05, 0) is 51.0 Å². The van der Waals surface area contributed by atoms with E-state index < -0.39 is 0 Å². The summed E-state index contributed by atoms with van der Waals surface area (Å²) in [5.41, 5.74) is 1.11. The number of anilines is 1.